The van der Waals surface area contributed by atoms with Crippen molar-refractivity contribution in [1.82, 2.24) is 0 Å². The van der Waals surface area contributed by atoms with Crippen LogP contribution in [0, 0.1) is 12.8 Å². The number of hydroxylamine groups is 1. The monoisotopic (exact) mass is 512 g/mol. The van der Waals surface area contributed by atoms with Gasteiger partial charge >= 0.3 is 0 Å². The van der Waals surface area contributed by atoms with Crippen molar-refractivity contribution in [1.29, 1.82) is 0 Å². The normalized spacial score (nSPS) is 22.5. The molecule has 0 unspecified atom stereocenters. The molecule has 2 aliphatic heterocycles. The molecule has 3 atom stereocenters. The first-order chi connectivity index (χ1) is 15.4. The minimum absolute atomic E-state index is 0.0148. The van der Waals surface area contributed by atoms with Crippen molar-refractivity contribution < 1.29 is 19.5 Å². The van der Waals surface area contributed by atoms with Gasteiger partial charge in [-0.1, -0.05) is 51.8 Å². The average Bonchev–Trinajstić information content (AvgIpc) is 3.29. The number of phenols is 1. The lowest BCUT2D eigenvalue weighted by molar-refractivity contribution is -0.126. The van der Waals surface area contributed by atoms with E-state index in [1.165, 1.54) is 0 Å². The van der Waals surface area contributed by atoms with E-state index in [4.69, 9.17) is 16.4 Å². The van der Waals surface area contributed by atoms with Crippen LogP contribution in [0.2, 0.25) is 5.02 Å². The van der Waals surface area contributed by atoms with E-state index in [9.17, 15) is 14.7 Å². The molecule has 32 heavy (non-hydrogen) atoms. The Hall–Kier alpha value is -2.87. The van der Waals surface area contributed by atoms with E-state index in [-0.39, 0.29) is 5.75 Å². The second kappa shape index (κ2) is 7.92. The Bertz CT molecular complexity index is 1240. The first-order valence-electron chi connectivity index (χ1n) is 10.0. The third kappa shape index (κ3) is 3.20. The number of hydrogen-bond acceptors (Lipinski definition) is 5. The van der Waals surface area contributed by atoms with Gasteiger partial charge in [-0.05, 0) is 55.0 Å². The van der Waals surface area contributed by atoms with Crippen LogP contribution in [0.1, 0.15) is 17.2 Å². The Morgan fingerprint density at radius 2 is 1.75 bits per heavy atom. The van der Waals surface area contributed by atoms with Crippen LogP contribution in [0.5, 0.6) is 5.75 Å². The molecule has 2 heterocycles. The molecule has 2 aliphatic rings. The fraction of sp³-hybridized carbons (Fsp3) is 0.167. The number of anilines is 2. The Labute approximate surface area is 198 Å². The number of para-hydroxylation sites is 1. The molecule has 1 N–H and O–H groups in total. The van der Waals surface area contributed by atoms with Crippen LogP contribution < -0.4 is 9.96 Å². The predicted octanol–water partition coefficient (Wildman–Crippen LogP) is 5.17. The van der Waals surface area contributed by atoms with Crippen LogP contribution in [-0.4, -0.2) is 23.0 Å². The van der Waals surface area contributed by atoms with Crippen LogP contribution >= 0.6 is 27.5 Å². The van der Waals surface area contributed by atoms with Crippen molar-refractivity contribution in [3.63, 3.8) is 0 Å². The summed E-state index contributed by atoms with van der Waals surface area (Å²) in [7, 11) is 0. The molecule has 6 nitrogen and oxygen atoms in total. The zero-order valence-corrected chi connectivity index (χ0v) is 19.2. The summed E-state index contributed by atoms with van der Waals surface area (Å²) in [5.74, 6) is -1.68. The number of carbonyl (C=O) groups excluding carboxylic acids is 2. The maximum atomic E-state index is 13.7. The Kier molecular flexibility index (Phi) is 5.20. The predicted molar refractivity (Wildman–Crippen MR) is 125 cm³/mol. The number of hydrogen-bond donors (Lipinski definition) is 1. The Balaban J connectivity index is 1.64. The van der Waals surface area contributed by atoms with Gasteiger partial charge in [0.25, 0.3) is 5.91 Å². The summed E-state index contributed by atoms with van der Waals surface area (Å²) >= 11 is 9.69. The maximum absolute atomic E-state index is 13.7. The molecule has 5 rings (SSSR count). The highest BCUT2D eigenvalue weighted by atomic mass is 79.9. The van der Waals surface area contributed by atoms with Crippen LogP contribution in [0.4, 0.5) is 11.4 Å². The van der Waals surface area contributed by atoms with Crippen LogP contribution in [0.3, 0.4) is 0 Å². The summed E-state index contributed by atoms with van der Waals surface area (Å²) in [5, 5.41) is 12.7. The van der Waals surface area contributed by atoms with Gasteiger partial charge in [-0.2, -0.15) is 0 Å². The van der Waals surface area contributed by atoms with Crippen molar-refractivity contribution in [2.75, 3.05) is 9.96 Å². The number of benzene rings is 3. The highest BCUT2D eigenvalue weighted by Gasteiger charge is 2.61. The molecule has 3 aromatic rings. The number of nitrogens with zero attached hydrogens (tertiary/aromatic N) is 2. The number of imide groups is 1. The first-order valence-corrected chi connectivity index (χ1v) is 11.2. The molecular formula is C24H18BrClN2O4. The second-order valence-electron chi connectivity index (χ2n) is 7.76. The van der Waals surface area contributed by atoms with Gasteiger partial charge in [-0.25, -0.2) is 9.96 Å². The molecular weight excluding hydrogens is 496 g/mol. The minimum Gasteiger partial charge on any atom is -0.508 e. The van der Waals surface area contributed by atoms with E-state index in [1.54, 1.807) is 48.4 Å². The molecule has 2 amide bonds. The number of phenolic OH excluding ortho intramolecular Hbond substituents is 1. The number of aromatic hydroxyl groups is 1. The van der Waals surface area contributed by atoms with Crippen molar-refractivity contribution in [2.45, 2.75) is 19.1 Å². The zero-order chi connectivity index (χ0) is 22.6. The summed E-state index contributed by atoms with van der Waals surface area (Å²) in [6.45, 7) is 1.76. The highest BCUT2D eigenvalue weighted by Crippen LogP contribution is 2.50. The smallest absolute Gasteiger partial charge is 0.266 e. The summed E-state index contributed by atoms with van der Waals surface area (Å²) in [5.41, 5.74) is 2.24. The van der Waals surface area contributed by atoms with Gasteiger partial charge in [0.05, 0.1) is 17.4 Å². The zero-order valence-electron chi connectivity index (χ0n) is 16.9. The van der Waals surface area contributed by atoms with E-state index in [1.807, 2.05) is 30.3 Å². The van der Waals surface area contributed by atoms with Gasteiger partial charge < -0.3 is 5.11 Å². The molecule has 0 aliphatic carbocycles. The van der Waals surface area contributed by atoms with Gasteiger partial charge in [-0.15, -0.1) is 0 Å². The van der Waals surface area contributed by atoms with Gasteiger partial charge in [0.2, 0.25) is 5.91 Å². The lowest BCUT2D eigenvalue weighted by atomic mass is 9.90. The maximum Gasteiger partial charge on any atom is 0.266 e. The van der Waals surface area contributed by atoms with E-state index in [2.05, 4.69) is 15.9 Å². The molecule has 3 aromatic carbocycles. The van der Waals surface area contributed by atoms with Crippen LogP contribution in [0.25, 0.3) is 0 Å². The number of fused-ring (bicyclic) bond motifs is 1. The fourth-order valence-corrected chi connectivity index (χ4v) is 4.92. The van der Waals surface area contributed by atoms with Gasteiger partial charge in [0, 0.05) is 15.1 Å². The lowest BCUT2D eigenvalue weighted by Gasteiger charge is -2.29. The van der Waals surface area contributed by atoms with Crippen molar-refractivity contribution >= 4 is 50.7 Å². The standard InChI is InChI=1S/C24H18BrClN2O4/c1-13-17(26)8-5-9-18(13)27-23(30)20-21(16-12-14(25)10-11-19(16)29)28(32-22(20)24(27)31)15-6-3-2-4-7-15/h2-12,20-22,29H,1H3/t20-,21+,22-/m0/s1. The molecule has 0 radical (unpaired) electrons. The molecule has 162 valence electrons. The number of carbonyl (C=O) groups is 2. The minimum atomic E-state index is -1.02. The van der Waals surface area contributed by atoms with Gasteiger partial charge in [0.1, 0.15) is 11.7 Å². The van der Waals surface area contributed by atoms with Gasteiger partial charge in [0.15, 0.2) is 6.10 Å². The summed E-state index contributed by atoms with van der Waals surface area (Å²) in [4.78, 5) is 34.3. The van der Waals surface area contributed by atoms with Crippen molar-refractivity contribution in [3.8, 4) is 5.75 Å². The molecule has 2 fully saturated rings. The van der Waals surface area contributed by atoms with E-state index < -0.39 is 29.9 Å². The number of amides is 2. The summed E-state index contributed by atoms with van der Waals surface area (Å²) in [6, 6.07) is 18.6. The topological polar surface area (TPSA) is 70.1 Å². The van der Waals surface area contributed by atoms with Crippen molar-refractivity contribution in [2.24, 2.45) is 5.92 Å². The fourth-order valence-electron chi connectivity index (χ4n) is 4.37. The van der Waals surface area contributed by atoms with Crippen molar-refractivity contribution in [3.05, 3.63) is 87.4 Å². The number of halogens is 2. The lowest BCUT2D eigenvalue weighted by Crippen LogP contribution is -2.37. The Morgan fingerprint density at radius 3 is 2.50 bits per heavy atom. The SMILES string of the molecule is Cc1c(Cl)cccc1N1C(=O)[C@@H]2[C@H](ON(c3ccccc3)[C@@H]2c2cc(Br)ccc2O)C1=O. The average molecular weight is 514 g/mol. The molecule has 0 saturated carbocycles. The quantitative estimate of drug-likeness (QED) is 0.490. The van der Waals surface area contributed by atoms with Gasteiger partial charge in [-0.3, -0.25) is 14.4 Å². The highest BCUT2D eigenvalue weighted by molar-refractivity contribution is 9.10. The largest absolute Gasteiger partial charge is 0.508 e. The van der Waals surface area contributed by atoms with Crippen LogP contribution in [-0.2, 0) is 14.4 Å². The van der Waals surface area contributed by atoms with E-state index in [0.29, 0.717) is 27.5 Å². The van der Waals surface area contributed by atoms with Crippen LogP contribution in [0.15, 0.2) is 71.2 Å². The molecule has 2 saturated heterocycles. The summed E-state index contributed by atoms with van der Waals surface area (Å²) < 4.78 is 0.737. The molecule has 0 spiro atoms. The van der Waals surface area contributed by atoms with E-state index >= 15 is 0 Å². The first kappa shape index (κ1) is 21.0. The molecule has 0 bridgehead atoms. The molecule has 8 heteroatoms. The second-order valence-corrected chi connectivity index (χ2v) is 9.08. The number of rotatable bonds is 3. The Morgan fingerprint density at radius 1 is 1.00 bits per heavy atom. The summed E-state index contributed by atoms with van der Waals surface area (Å²) in [6.07, 6.45) is -1.02. The third-order valence-corrected chi connectivity index (χ3v) is 6.82. The third-order valence-electron chi connectivity index (χ3n) is 5.91. The van der Waals surface area contributed by atoms with E-state index in [0.717, 1.165) is 9.37 Å². The molecule has 0 aromatic heterocycles.